The second kappa shape index (κ2) is 8.70. The molecule has 1 N–H and O–H groups in total. The molecule has 0 bridgehead atoms. The third kappa shape index (κ3) is 5.91. The molecule has 31 heavy (non-hydrogen) atoms. The third-order valence-electron chi connectivity index (χ3n) is 4.71. The Bertz CT molecular complexity index is 984. The van der Waals surface area contributed by atoms with Gasteiger partial charge in [0.25, 0.3) is 5.91 Å². The van der Waals surface area contributed by atoms with Crippen LogP contribution >= 0.6 is 11.8 Å². The molecular formula is C20H28N4O5S2. The molecule has 2 atom stereocenters. The van der Waals surface area contributed by atoms with Crippen LogP contribution in [0.1, 0.15) is 20.8 Å². The Hall–Kier alpha value is -2.27. The van der Waals surface area contributed by atoms with Crippen molar-refractivity contribution < 1.29 is 22.7 Å². The smallest absolute Gasteiger partial charge is 0.408 e. The minimum Gasteiger partial charge on any atom is -0.444 e. The van der Waals surface area contributed by atoms with Gasteiger partial charge in [0.05, 0.1) is 17.5 Å². The largest absolute Gasteiger partial charge is 0.444 e. The topological polar surface area (TPSA) is 108 Å². The van der Waals surface area contributed by atoms with E-state index in [0.717, 1.165) is 11.4 Å². The molecule has 2 amide bonds. The summed E-state index contributed by atoms with van der Waals surface area (Å²) < 4.78 is 29.5. The highest BCUT2D eigenvalue weighted by atomic mass is 32.2. The fraction of sp³-hybridized carbons (Fsp3) is 0.550. The number of rotatable bonds is 4. The summed E-state index contributed by atoms with van der Waals surface area (Å²) in [7, 11) is 0.725. The van der Waals surface area contributed by atoms with Gasteiger partial charge in [-0.05, 0) is 45.0 Å². The average molecular weight is 469 g/mol. The molecule has 1 aromatic carbocycles. The van der Waals surface area contributed by atoms with Gasteiger partial charge in [0, 0.05) is 30.7 Å². The number of nitrogens with one attached hydrogen (secondary N) is 1. The Kier molecular flexibility index (Phi) is 6.56. The van der Waals surface area contributed by atoms with Gasteiger partial charge in [-0.3, -0.25) is 4.79 Å². The molecule has 0 saturated carbocycles. The van der Waals surface area contributed by atoms with Gasteiger partial charge in [-0.15, -0.1) is 0 Å². The van der Waals surface area contributed by atoms with Crippen LogP contribution in [-0.4, -0.2) is 74.6 Å². The van der Waals surface area contributed by atoms with Gasteiger partial charge in [0.1, 0.15) is 12.1 Å². The minimum atomic E-state index is -3.14. The van der Waals surface area contributed by atoms with Gasteiger partial charge in [-0.1, -0.05) is 11.8 Å². The fourth-order valence-electron chi connectivity index (χ4n) is 3.39. The maximum absolute atomic E-state index is 12.4. The van der Waals surface area contributed by atoms with Crippen molar-refractivity contribution >= 4 is 50.1 Å². The molecule has 0 aliphatic carbocycles. The van der Waals surface area contributed by atoms with E-state index in [2.05, 4.69) is 10.3 Å². The number of thioether (sulfide) groups is 1. The number of amides is 2. The highest BCUT2D eigenvalue weighted by Gasteiger charge is 2.49. The van der Waals surface area contributed by atoms with E-state index in [-0.39, 0.29) is 29.3 Å². The van der Waals surface area contributed by atoms with Gasteiger partial charge in [-0.25, -0.2) is 13.2 Å². The van der Waals surface area contributed by atoms with E-state index in [9.17, 15) is 18.0 Å². The Balaban J connectivity index is 1.79. The molecule has 2 fully saturated rings. The lowest BCUT2D eigenvalue weighted by Crippen LogP contribution is -2.38. The summed E-state index contributed by atoms with van der Waals surface area (Å²) in [5.41, 5.74) is 1.11. The molecule has 2 aliphatic rings. The number of aliphatic imine (C=N–C) groups is 1. The summed E-state index contributed by atoms with van der Waals surface area (Å²) in [6.45, 7) is 4.89. The number of hydrogen-bond acceptors (Lipinski definition) is 7. The van der Waals surface area contributed by atoms with E-state index < -0.39 is 27.4 Å². The first-order valence-electron chi connectivity index (χ1n) is 9.87. The predicted octanol–water partition coefficient (Wildman–Crippen LogP) is 1.88. The van der Waals surface area contributed by atoms with Crippen molar-refractivity contribution in [2.75, 3.05) is 41.9 Å². The molecule has 0 aromatic heterocycles. The molecule has 2 aliphatic heterocycles. The lowest BCUT2D eigenvalue weighted by Gasteiger charge is -2.25. The molecular weight excluding hydrogens is 440 g/mol. The van der Waals surface area contributed by atoms with E-state index in [1.165, 1.54) is 11.8 Å². The van der Waals surface area contributed by atoms with Gasteiger partial charge in [-0.2, -0.15) is 4.99 Å². The molecule has 0 spiro atoms. The fourth-order valence-corrected chi connectivity index (χ4v) is 7.32. The van der Waals surface area contributed by atoms with E-state index in [4.69, 9.17) is 4.74 Å². The first-order valence-corrected chi connectivity index (χ1v) is 12.6. The number of benzene rings is 1. The number of carbonyl (C=O) groups excluding carboxylic acids is 2. The van der Waals surface area contributed by atoms with E-state index >= 15 is 0 Å². The van der Waals surface area contributed by atoms with Gasteiger partial charge in [0.2, 0.25) is 0 Å². The highest BCUT2D eigenvalue weighted by Crippen LogP contribution is 2.41. The van der Waals surface area contributed by atoms with Crippen LogP contribution in [0.3, 0.4) is 0 Å². The number of nitrogens with zero attached hydrogens (tertiary/aromatic N) is 3. The zero-order chi connectivity index (χ0) is 23.0. The molecule has 11 heteroatoms. The number of sulfone groups is 1. The van der Waals surface area contributed by atoms with Crippen molar-refractivity contribution in [1.29, 1.82) is 0 Å². The number of fused-ring (bicyclic) bond motifs is 1. The molecule has 9 nitrogen and oxygen atoms in total. The Morgan fingerprint density at radius 2 is 1.87 bits per heavy atom. The Morgan fingerprint density at radius 1 is 1.23 bits per heavy atom. The number of amidine groups is 1. The van der Waals surface area contributed by atoms with Gasteiger partial charge in [0.15, 0.2) is 15.0 Å². The van der Waals surface area contributed by atoms with Crippen molar-refractivity contribution in [2.24, 2.45) is 4.99 Å². The average Bonchev–Trinajstić information content (AvgIpc) is 3.09. The minimum absolute atomic E-state index is 0.0173. The zero-order valence-corrected chi connectivity index (χ0v) is 19.9. The lowest BCUT2D eigenvalue weighted by atomic mass is 10.2. The van der Waals surface area contributed by atoms with Crippen molar-refractivity contribution in [1.82, 2.24) is 5.32 Å². The number of alkyl carbamates (subject to hydrolysis) is 1. The second-order valence-electron chi connectivity index (χ2n) is 8.72. The molecule has 0 unspecified atom stereocenters. The summed E-state index contributed by atoms with van der Waals surface area (Å²) >= 11 is 1.29. The zero-order valence-electron chi connectivity index (χ0n) is 18.3. The predicted molar refractivity (Wildman–Crippen MR) is 124 cm³/mol. The third-order valence-corrected chi connectivity index (χ3v) is 7.92. The van der Waals surface area contributed by atoms with Crippen molar-refractivity contribution in [2.45, 2.75) is 37.7 Å². The maximum Gasteiger partial charge on any atom is 0.408 e. The quantitative estimate of drug-likeness (QED) is 0.714. The van der Waals surface area contributed by atoms with Crippen LogP contribution in [0.2, 0.25) is 0 Å². The summed E-state index contributed by atoms with van der Waals surface area (Å²) in [6, 6.07) is 7.36. The number of anilines is 2. The SMILES string of the molecule is CN(C)c1ccc(N2C(=NC(=O)CNC(=O)OC(C)(C)C)S[C@@H]3CS(=O)(=O)C[C@@H]32)cc1. The van der Waals surface area contributed by atoms with Crippen LogP contribution in [0.4, 0.5) is 16.2 Å². The number of carbonyl (C=O) groups is 2. The maximum atomic E-state index is 12.4. The molecule has 0 radical (unpaired) electrons. The van der Waals surface area contributed by atoms with Gasteiger partial charge < -0.3 is 19.9 Å². The van der Waals surface area contributed by atoms with Crippen molar-refractivity contribution in [3.63, 3.8) is 0 Å². The summed E-state index contributed by atoms with van der Waals surface area (Å²) in [5.74, 6) is -0.465. The van der Waals surface area contributed by atoms with Crippen LogP contribution in [0.15, 0.2) is 29.3 Å². The second-order valence-corrected chi connectivity index (χ2v) is 12.1. The van der Waals surface area contributed by atoms with Crippen molar-refractivity contribution in [3.8, 4) is 0 Å². The standard InChI is InChI=1S/C20H28N4O5S2/c1-20(2,3)29-19(26)21-10-17(25)22-18-24(14-8-6-13(7-9-14)23(4)5)15-11-31(27,28)12-16(15)30-18/h6-9,15-16H,10-12H2,1-5H3,(H,21,26)/t15-,16+/m0/s1. The molecule has 2 saturated heterocycles. The Morgan fingerprint density at radius 3 is 2.45 bits per heavy atom. The van der Waals surface area contributed by atoms with E-state index in [1.54, 1.807) is 20.8 Å². The monoisotopic (exact) mass is 468 g/mol. The Labute approximate surface area is 187 Å². The van der Waals surface area contributed by atoms with Crippen molar-refractivity contribution in [3.05, 3.63) is 24.3 Å². The van der Waals surface area contributed by atoms with Crippen LogP contribution < -0.4 is 15.1 Å². The molecule has 1 aromatic rings. The molecule has 2 heterocycles. The molecule has 170 valence electrons. The van der Waals surface area contributed by atoms with E-state index in [0.29, 0.717) is 5.17 Å². The van der Waals surface area contributed by atoms with Crippen LogP contribution in [0.5, 0.6) is 0 Å². The highest BCUT2D eigenvalue weighted by molar-refractivity contribution is 8.16. The first-order chi connectivity index (χ1) is 14.3. The summed E-state index contributed by atoms with van der Waals surface area (Å²) in [4.78, 5) is 32.2. The normalized spacial score (nSPS) is 23.5. The van der Waals surface area contributed by atoms with E-state index in [1.807, 2.05) is 48.2 Å². The van der Waals surface area contributed by atoms with Crippen LogP contribution in [0.25, 0.3) is 0 Å². The number of hydrogen-bond donors (Lipinski definition) is 1. The van der Waals surface area contributed by atoms with Crippen LogP contribution in [-0.2, 0) is 19.4 Å². The van der Waals surface area contributed by atoms with Crippen LogP contribution in [0, 0.1) is 0 Å². The lowest BCUT2D eigenvalue weighted by molar-refractivity contribution is -0.117. The first kappa shape index (κ1) is 23.4. The summed E-state index contributed by atoms with van der Waals surface area (Å²) in [5, 5.41) is 2.66. The molecule has 3 rings (SSSR count). The van der Waals surface area contributed by atoms with Gasteiger partial charge >= 0.3 is 6.09 Å². The number of ether oxygens (including phenoxy) is 1. The summed E-state index contributed by atoms with van der Waals surface area (Å²) in [6.07, 6.45) is -0.695.